The number of non-ortho nitro benzene ring substituents is 1. The SMILES string of the molecule is CC(C)CN(Cc1cccn1C)C(=O)CN(CC(C)C)C(=O)c1cccc([N+](=O)[O-])c1. The molecule has 2 aromatic rings. The van der Waals surface area contributed by atoms with Crippen molar-refractivity contribution in [3.05, 3.63) is 64.0 Å². The fourth-order valence-corrected chi connectivity index (χ4v) is 3.41. The van der Waals surface area contributed by atoms with Gasteiger partial charge in [0, 0.05) is 49.7 Å². The lowest BCUT2D eigenvalue weighted by atomic mass is 10.1. The molecule has 1 aromatic carbocycles. The third-order valence-corrected chi connectivity index (χ3v) is 4.85. The van der Waals surface area contributed by atoms with Gasteiger partial charge in [-0.25, -0.2) is 0 Å². The van der Waals surface area contributed by atoms with E-state index in [1.807, 2.05) is 57.6 Å². The maximum Gasteiger partial charge on any atom is 0.270 e. The first-order valence-electron chi connectivity index (χ1n) is 10.5. The van der Waals surface area contributed by atoms with Gasteiger partial charge in [-0.1, -0.05) is 33.8 Å². The molecular formula is C23H32N4O4. The number of rotatable bonds is 10. The standard InChI is InChI=1S/C23H32N4O4/c1-17(2)13-25(15-21-10-7-11-24(21)5)22(28)16-26(14-18(3)4)23(29)19-8-6-9-20(12-19)27(30)31/h6-12,17-18H,13-16H2,1-5H3. The summed E-state index contributed by atoms with van der Waals surface area (Å²) in [6.07, 6.45) is 1.93. The molecule has 8 heteroatoms. The number of carbonyl (C=O) groups is 2. The number of aryl methyl sites for hydroxylation is 1. The van der Waals surface area contributed by atoms with Crippen LogP contribution in [0.3, 0.4) is 0 Å². The van der Waals surface area contributed by atoms with Crippen molar-refractivity contribution < 1.29 is 14.5 Å². The number of aromatic nitrogens is 1. The Morgan fingerprint density at radius 2 is 1.68 bits per heavy atom. The van der Waals surface area contributed by atoms with Crippen LogP contribution < -0.4 is 0 Å². The van der Waals surface area contributed by atoms with Crippen LogP contribution in [0.1, 0.15) is 43.7 Å². The zero-order chi connectivity index (χ0) is 23.1. The first-order valence-corrected chi connectivity index (χ1v) is 10.5. The van der Waals surface area contributed by atoms with Gasteiger partial charge in [-0.2, -0.15) is 0 Å². The Morgan fingerprint density at radius 1 is 1.03 bits per heavy atom. The minimum atomic E-state index is -0.529. The second-order valence-electron chi connectivity index (χ2n) is 8.67. The van der Waals surface area contributed by atoms with E-state index in [4.69, 9.17) is 0 Å². The third-order valence-electron chi connectivity index (χ3n) is 4.85. The van der Waals surface area contributed by atoms with Gasteiger partial charge in [0.05, 0.1) is 11.5 Å². The van der Waals surface area contributed by atoms with Crippen molar-refractivity contribution in [2.24, 2.45) is 18.9 Å². The summed E-state index contributed by atoms with van der Waals surface area (Å²) in [6.45, 7) is 9.37. The lowest BCUT2D eigenvalue weighted by molar-refractivity contribution is -0.384. The quantitative estimate of drug-likeness (QED) is 0.426. The van der Waals surface area contributed by atoms with E-state index in [1.165, 1.54) is 23.1 Å². The Hall–Kier alpha value is -3.16. The molecule has 0 N–H and O–H groups in total. The first-order chi connectivity index (χ1) is 14.6. The molecule has 0 bridgehead atoms. The van der Waals surface area contributed by atoms with Crippen LogP contribution in [0.25, 0.3) is 0 Å². The van der Waals surface area contributed by atoms with Crippen LogP contribution in [0.4, 0.5) is 5.69 Å². The number of benzene rings is 1. The average Bonchev–Trinajstić information content (AvgIpc) is 3.10. The van der Waals surface area contributed by atoms with E-state index in [0.717, 1.165) is 5.69 Å². The maximum absolute atomic E-state index is 13.2. The third kappa shape index (κ3) is 6.94. The molecule has 0 spiro atoms. The van der Waals surface area contributed by atoms with Gasteiger partial charge in [0.1, 0.15) is 6.54 Å². The molecule has 0 atom stereocenters. The Labute approximate surface area is 183 Å². The minimum Gasteiger partial charge on any atom is -0.353 e. The lowest BCUT2D eigenvalue weighted by Gasteiger charge is -2.30. The van der Waals surface area contributed by atoms with Crippen LogP contribution in [0.2, 0.25) is 0 Å². The molecule has 0 radical (unpaired) electrons. The highest BCUT2D eigenvalue weighted by Gasteiger charge is 2.25. The molecule has 8 nitrogen and oxygen atoms in total. The lowest BCUT2D eigenvalue weighted by Crippen LogP contribution is -2.45. The monoisotopic (exact) mass is 428 g/mol. The van der Waals surface area contributed by atoms with Gasteiger partial charge in [0.25, 0.3) is 11.6 Å². The summed E-state index contributed by atoms with van der Waals surface area (Å²) in [7, 11) is 1.93. The largest absolute Gasteiger partial charge is 0.353 e. The average molecular weight is 429 g/mol. The Kier molecular flexibility index (Phi) is 8.36. The van der Waals surface area contributed by atoms with Crippen molar-refractivity contribution in [2.45, 2.75) is 34.2 Å². The number of nitro groups is 1. The molecule has 0 saturated carbocycles. The molecule has 2 amide bonds. The van der Waals surface area contributed by atoms with Crippen LogP contribution in [0.15, 0.2) is 42.6 Å². The summed E-state index contributed by atoms with van der Waals surface area (Å²) < 4.78 is 1.97. The summed E-state index contributed by atoms with van der Waals surface area (Å²) in [5.74, 6) is -0.111. The van der Waals surface area contributed by atoms with Crippen LogP contribution in [0, 0.1) is 22.0 Å². The van der Waals surface area contributed by atoms with Crippen LogP contribution in [0.5, 0.6) is 0 Å². The van der Waals surface area contributed by atoms with Crippen molar-refractivity contribution in [1.82, 2.24) is 14.4 Å². The van der Waals surface area contributed by atoms with Crippen molar-refractivity contribution in [1.29, 1.82) is 0 Å². The van der Waals surface area contributed by atoms with Crippen molar-refractivity contribution in [3.63, 3.8) is 0 Å². The van der Waals surface area contributed by atoms with E-state index < -0.39 is 4.92 Å². The predicted molar refractivity (Wildman–Crippen MR) is 120 cm³/mol. The van der Waals surface area contributed by atoms with Gasteiger partial charge in [-0.3, -0.25) is 19.7 Å². The van der Waals surface area contributed by atoms with E-state index in [1.54, 1.807) is 11.0 Å². The van der Waals surface area contributed by atoms with E-state index in [-0.39, 0.29) is 41.4 Å². The molecular weight excluding hydrogens is 396 g/mol. The van der Waals surface area contributed by atoms with Gasteiger partial charge in [-0.05, 0) is 30.0 Å². The molecule has 1 heterocycles. The molecule has 0 saturated heterocycles. The number of hydrogen-bond donors (Lipinski definition) is 0. The van der Waals surface area contributed by atoms with Gasteiger partial charge in [0.2, 0.25) is 5.91 Å². The molecule has 1 aromatic heterocycles. The van der Waals surface area contributed by atoms with E-state index in [2.05, 4.69) is 0 Å². The maximum atomic E-state index is 13.2. The van der Waals surface area contributed by atoms with Crippen LogP contribution in [-0.2, 0) is 18.4 Å². The molecule has 0 aliphatic carbocycles. The highest BCUT2D eigenvalue weighted by Crippen LogP contribution is 2.16. The molecule has 2 rings (SSSR count). The fraction of sp³-hybridized carbons (Fsp3) is 0.478. The Morgan fingerprint density at radius 3 is 2.23 bits per heavy atom. The fourth-order valence-electron chi connectivity index (χ4n) is 3.41. The second-order valence-corrected chi connectivity index (χ2v) is 8.67. The Bertz CT molecular complexity index is 920. The minimum absolute atomic E-state index is 0.0726. The molecule has 0 aliphatic rings. The summed E-state index contributed by atoms with van der Waals surface area (Å²) in [4.78, 5) is 40.2. The van der Waals surface area contributed by atoms with Gasteiger partial charge in [-0.15, -0.1) is 0 Å². The van der Waals surface area contributed by atoms with Gasteiger partial charge < -0.3 is 14.4 Å². The van der Waals surface area contributed by atoms with E-state index in [0.29, 0.717) is 19.6 Å². The number of amides is 2. The first kappa shape index (κ1) is 24.1. The number of carbonyl (C=O) groups excluding carboxylic acids is 2. The normalized spacial score (nSPS) is 11.1. The summed E-state index contributed by atoms with van der Waals surface area (Å²) in [5.41, 5.74) is 1.07. The van der Waals surface area contributed by atoms with E-state index in [9.17, 15) is 19.7 Å². The molecule has 0 aliphatic heterocycles. The van der Waals surface area contributed by atoms with Crippen LogP contribution >= 0.6 is 0 Å². The molecule has 0 unspecified atom stereocenters. The topological polar surface area (TPSA) is 88.7 Å². The summed E-state index contributed by atoms with van der Waals surface area (Å²) in [5, 5.41) is 11.1. The molecule has 31 heavy (non-hydrogen) atoms. The van der Waals surface area contributed by atoms with E-state index >= 15 is 0 Å². The van der Waals surface area contributed by atoms with Crippen molar-refractivity contribution >= 4 is 17.5 Å². The summed E-state index contributed by atoms with van der Waals surface area (Å²) >= 11 is 0. The predicted octanol–water partition coefficient (Wildman–Crippen LogP) is 3.72. The van der Waals surface area contributed by atoms with Crippen molar-refractivity contribution in [2.75, 3.05) is 19.6 Å². The molecule has 168 valence electrons. The number of hydrogen-bond acceptors (Lipinski definition) is 4. The van der Waals surface area contributed by atoms with Gasteiger partial charge >= 0.3 is 0 Å². The second kappa shape index (κ2) is 10.7. The number of nitro benzene ring substituents is 1. The zero-order valence-electron chi connectivity index (χ0n) is 18.9. The van der Waals surface area contributed by atoms with Crippen LogP contribution in [-0.4, -0.2) is 50.7 Å². The summed E-state index contributed by atoms with van der Waals surface area (Å²) in [6, 6.07) is 9.55. The Balaban J connectivity index is 2.24. The van der Waals surface area contributed by atoms with Gasteiger partial charge in [0.15, 0.2) is 0 Å². The molecule has 0 fully saturated rings. The number of nitrogens with zero attached hydrogens (tertiary/aromatic N) is 4. The highest BCUT2D eigenvalue weighted by atomic mass is 16.6. The smallest absolute Gasteiger partial charge is 0.270 e. The zero-order valence-corrected chi connectivity index (χ0v) is 18.9. The highest BCUT2D eigenvalue weighted by molar-refractivity contribution is 5.97. The van der Waals surface area contributed by atoms with Crippen molar-refractivity contribution in [3.8, 4) is 0 Å².